The summed E-state index contributed by atoms with van der Waals surface area (Å²) in [5.74, 6) is 0.886. The van der Waals surface area contributed by atoms with Crippen molar-refractivity contribution in [3.63, 3.8) is 0 Å². The highest BCUT2D eigenvalue weighted by atomic mass is 19.1. The number of hydrogen-bond acceptors (Lipinski definition) is 3. The fourth-order valence-corrected chi connectivity index (χ4v) is 1.37. The Bertz CT molecular complexity index is 478. The van der Waals surface area contributed by atoms with Gasteiger partial charge in [0.2, 0.25) is 5.95 Å². The Balaban J connectivity index is 2.48. The van der Waals surface area contributed by atoms with Crippen molar-refractivity contribution >= 4 is 5.95 Å². The molecule has 0 fully saturated rings. The molecular formula is C10H11FN4. The van der Waals surface area contributed by atoms with Crippen molar-refractivity contribution in [2.45, 2.75) is 0 Å². The molecule has 1 aromatic carbocycles. The largest absolute Gasteiger partial charge is 0.356 e. The minimum absolute atomic E-state index is 0.276. The molecule has 1 N–H and O–H groups in total. The maximum absolute atomic E-state index is 13.0. The number of nitrogens with one attached hydrogen (secondary N) is 1. The van der Waals surface area contributed by atoms with Gasteiger partial charge in [-0.05, 0) is 12.1 Å². The molecule has 0 aliphatic heterocycles. The number of nitrogens with zero attached hydrogens (tertiary/aromatic N) is 3. The van der Waals surface area contributed by atoms with Gasteiger partial charge in [-0.25, -0.2) is 9.07 Å². The van der Waals surface area contributed by atoms with Gasteiger partial charge in [0.15, 0.2) is 5.82 Å². The van der Waals surface area contributed by atoms with Crippen molar-refractivity contribution in [1.29, 1.82) is 0 Å². The minimum Gasteiger partial charge on any atom is -0.356 e. The molecule has 15 heavy (non-hydrogen) atoms. The molecule has 0 aliphatic rings. The lowest BCUT2D eigenvalue weighted by molar-refractivity contribution is 0.628. The Hall–Kier alpha value is -1.91. The van der Waals surface area contributed by atoms with E-state index in [2.05, 4.69) is 15.4 Å². The summed E-state index contributed by atoms with van der Waals surface area (Å²) in [6.45, 7) is 0. The molecule has 1 aromatic heterocycles. The summed E-state index contributed by atoms with van der Waals surface area (Å²) in [7, 11) is 3.51. The second kappa shape index (κ2) is 3.68. The standard InChI is InChI=1S/C10H11FN4/c1-12-10-13-9(15(2)14-10)7-4-3-5-8(11)6-7/h3-6H,1-2H3,(H,12,14). The van der Waals surface area contributed by atoms with Crippen LogP contribution in [0.25, 0.3) is 11.4 Å². The molecule has 2 aromatic rings. The normalized spacial score (nSPS) is 10.3. The lowest BCUT2D eigenvalue weighted by atomic mass is 10.2. The highest BCUT2D eigenvalue weighted by Gasteiger charge is 2.08. The van der Waals surface area contributed by atoms with Gasteiger partial charge in [0, 0.05) is 19.7 Å². The SMILES string of the molecule is CNc1nc(-c2cccc(F)c2)n(C)n1. The van der Waals surface area contributed by atoms with E-state index in [1.807, 2.05) is 0 Å². The third kappa shape index (κ3) is 1.81. The molecule has 0 amide bonds. The average molecular weight is 206 g/mol. The van der Waals surface area contributed by atoms with Crippen LogP contribution in [0, 0.1) is 5.82 Å². The van der Waals surface area contributed by atoms with Crippen molar-refractivity contribution < 1.29 is 4.39 Å². The van der Waals surface area contributed by atoms with Crippen LogP contribution in [0.4, 0.5) is 10.3 Å². The molecule has 2 rings (SSSR count). The first-order chi connectivity index (χ1) is 7.20. The lowest BCUT2D eigenvalue weighted by Gasteiger charge is -1.98. The summed E-state index contributed by atoms with van der Waals surface area (Å²) in [6.07, 6.45) is 0. The number of hydrogen-bond donors (Lipinski definition) is 1. The van der Waals surface area contributed by atoms with Gasteiger partial charge in [0.05, 0.1) is 0 Å². The van der Waals surface area contributed by atoms with Gasteiger partial charge in [-0.15, -0.1) is 5.10 Å². The van der Waals surface area contributed by atoms with Crippen molar-refractivity contribution in [2.24, 2.45) is 7.05 Å². The van der Waals surface area contributed by atoms with E-state index in [0.29, 0.717) is 17.3 Å². The average Bonchev–Trinajstić information content (AvgIpc) is 2.60. The lowest BCUT2D eigenvalue weighted by Crippen LogP contribution is -1.95. The molecule has 0 bridgehead atoms. The van der Waals surface area contributed by atoms with E-state index in [1.165, 1.54) is 12.1 Å². The summed E-state index contributed by atoms with van der Waals surface area (Å²) in [5, 5.41) is 6.94. The minimum atomic E-state index is -0.276. The van der Waals surface area contributed by atoms with E-state index in [4.69, 9.17) is 0 Å². The Kier molecular flexibility index (Phi) is 2.37. The second-order valence-corrected chi connectivity index (χ2v) is 3.14. The predicted molar refractivity (Wildman–Crippen MR) is 55.9 cm³/mol. The van der Waals surface area contributed by atoms with Crippen LogP contribution < -0.4 is 5.32 Å². The van der Waals surface area contributed by atoms with E-state index in [0.717, 1.165) is 0 Å². The first-order valence-electron chi connectivity index (χ1n) is 4.55. The van der Waals surface area contributed by atoms with Gasteiger partial charge in [-0.3, -0.25) is 0 Å². The zero-order valence-electron chi connectivity index (χ0n) is 8.53. The molecule has 0 radical (unpaired) electrons. The maximum atomic E-state index is 13.0. The second-order valence-electron chi connectivity index (χ2n) is 3.14. The van der Waals surface area contributed by atoms with Crippen molar-refractivity contribution in [3.05, 3.63) is 30.1 Å². The van der Waals surface area contributed by atoms with Crippen LogP contribution in [0.3, 0.4) is 0 Å². The number of anilines is 1. The van der Waals surface area contributed by atoms with Crippen LogP contribution in [0.5, 0.6) is 0 Å². The van der Waals surface area contributed by atoms with E-state index in [1.54, 1.807) is 30.9 Å². The topological polar surface area (TPSA) is 42.7 Å². The first-order valence-corrected chi connectivity index (χ1v) is 4.55. The number of aryl methyl sites for hydroxylation is 1. The highest BCUT2D eigenvalue weighted by Crippen LogP contribution is 2.18. The highest BCUT2D eigenvalue weighted by molar-refractivity contribution is 5.56. The first kappa shape index (κ1) is 9.64. The molecule has 0 saturated carbocycles. The van der Waals surface area contributed by atoms with Crippen LogP contribution in [-0.4, -0.2) is 21.8 Å². The summed E-state index contributed by atoms with van der Waals surface area (Å²) >= 11 is 0. The van der Waals surface area contributed by atoms with E-state index >= 15 is 0 Å². The summed E-state index contributed by atoms with van der Waals surface area (Å²) in [4.78, 5) is 4.21. The Morgan fingerprint density at radius 1 is 1.40 bits per heavy atom. The van der Waals surface area contributed by atoms with E-state index in [-0.39, 0.29) is 5.82 Å². The smallest absolute Gasteiger partial charge is 0.242 e. The van der Waals surface area contributed by atoms with Gasteiger partial charge in [0.25, 0.3) is 0 Å². The van der Waals surface area contributed by atoms with Gasteiger partial charge in [-0.2, -0.15) is 4.98 Å². The maximum Gasteiger partial charge on any atom is 0.242 e. The molecule has 0 spiro atoms. The molecular weight excluding hydrogens is 195 g/mol. The van der Waals surface area contributed by atoms with E-state index in [9.17, 15) is 4.39 Å². The number of aromatic nitrogens is 3. The van der Waals surface area contributed by atoms with E-state index < -0.39 is 0 Å². The molecule has 0 unspecified atom stereocenters. The van der Waals surface area contributed by atoms with Gasteiger partial charge < -0.3 is 5.32 Å². The monoisotopic (exact) mass is 206 g/mol. The molecule has 78 valence electrons. The van der Waals surface area contributed by atoms with Crippen LogP contribution in [0.1, 0.15) is 0 Å². The van der Waals surface area contributed by atoms with Crippen LogP contribution in [0.15, 0.2) is 24.3 Å². The van der Waals surface area contributed by atoms with Crippen LogP contribution in [0.2, 0.25) is 0 Å². The number of halogens is 1. The molecule has 0 atom stereocenters. The molecule has 5 heteroatoms. The quantitative estimate of drug-likeness (QED) is 0.812. The Morgan fingerprint density at radius 2 is 2.20 bits per heavy atom. The van der Waals surface area contributed by atoms with Crippen LogP contribution >= 0.6 is 0 Å². The Morgan fingerprint density at radius 3 is 2.80 bits per heavy atom. The van der Waals surface area contributed by atoms with Gasteiger partial charge >= 0.3 is 0 Å². The zero-order chi connectivity index (χ0) is 10.8. The molecule has 1 heterocycles. The van der Waals surface area contributed by atoms with Crippen molar-refractivity contribution in [1.82, 2.24) is 14.8 Å². The van der Waals surface area contributed by atoms with Gasteiger partial charge in [-0.1, -0.05) is 12.1 Å². The van der Waals surface area contributed by atoms with Gasteiger partial charge in [0.1, 0.15) is 5.82 Å². The summed E-state index contributed by atoms with van der Waals surface area (Å²) in [5.41, 5.74) is 0.714. The Labute approximate surface area is 86.8 Å². The zero-order valence-corrected chi connectivity index (χ0v) is 8.53. The number of rotatable bonds is 2. The fraction of sp³-hybridized carbons (Fsp3) is 0.200. The fourth-order valence-electron chi connectivity index (χ4n) is 1.37. The third-order valence-corrected chi connectivity index (χ3v) is 2.07. The van der Waals surface area contributed by atoms with Crippen molar-refractivity contribution in [2.75, 3.05) is 12.4 Å². The molecule has 0 aliphatic carbocycles. The number of benzene rings is 1. The summed E-state index contributed by atoms with van der Waals surface area (Å²) < 4.78 is 14.6. The third-order valence-electron chi connectivity index (χ3n) is 2.07. The van der Waals surface area contributed by atoms with Crippen molar-refractivity contribution in [3.8, 4) is 11.4 Å². The summed E-state index contributed by atoms with van der Waals surface area (Å²) in [6, 6.07) is 6.28. The molecule has 0 saturated heterocycles. The van der Waals surface area contributed by atoms with Crippen LogP contribution in [-0.2, 0) is 7.05 Å². The predicted octanol–water partition coefficient (Wildman–Crippen LogP) is 1.66. The molecule has 4 nitrogen and oxygen atoms in total.